The summed E-state index contributed by atoms with van der Waals surface area (Å²) in [5, 5.41) is 3.79. The molecule has 1 aromatic heterocycles. The van der Waals surface area contributed by atoms with Gasteiger partial charge in [0.1, 0.15) is 5.88 Å². The largest absolute Gasteiger partial charge is 0.660 e. The molecular formula is C11H11N3O3. The normalized spacial score (nSPS) is 13.0. The Kier molecular flexibility index (Phi) is 2.14. The van der Waals surface area contributed by atoms with Crippen molar-refractivity contribution in [3.05, 3.63) is 35.2 Å². The highest BCUT2D eigenvalue weighted by Gasteiger charge is 2.18. The predicted molar refractivity (Wildman–Crippen MR) is 57.1 cm³/mol. The minimum absolute atomic E-state index is 0.0887. The van der Waals surface area contributed by atoms with Gasteiger partial charge in [-0.1, -0.05) is 0 Å². The number of nitrogens with one attached hydrogen (secondary N) is 1. The Bertz CT molecular complexity index is 565. The molecule has 1 aromatic carbocycles. The van der Waals surface area contributed by atoms with Gasteiger partial charge < -0.3 is 19.7 Å². The second-order valence-corrected chi connectivity index (χ2v) is 3.83. The monoisotopic (exact) mass is 233 g/mol. The van der Waals surface area contributed by atoms with E-state index in [4.69, 9.17) is 19.7 Å². The third-order valence-electron chi connectivity index (χ3n) is 2.72. The second kappa shape index (κ2) is 3.65. The van der Waals surface area contributed by atoms with Gasteiger partial charge in [0.2, 0.25) is 19.0 Å². The molecule has 1 N–H and O–H groups in total. The third kappa shape index (κ3) is 1.67. The van der Waals surface area contributed by atoms with Gasteiger partial charge >= 0.3 is 0 Å². The average Bonchev–Trinajstić information content (AvgIpc) is 2.90. The molecule has 0 aliphatic carbocycles. The first-order valence-electron chi connectivity index (χ1n) is 5.20. The van der Waals surface area contributed by atoms with E-state index >= 15 is 0 Å². The van der Waals surface area contributed by atoms with E-state index in [1.807, 2.05) is 18.2 Å². The summed E-state index contributed by atoms with van der Waals surface area (Å²) in [5.74, 6) is 1.60. The van der Waals surface area contributed by atoms with Crippen LogP contribution in [0, 0.1) is 6.92 Å². The molecule has 0 amide bonds. The quantitative estimate of drug-likeness (QED) is 0.740. The maximum absolute atomic E-state index is 7.43. The highest BCUT2D eigenvalue weighted by Crippen LogP contribution is 2.32. The number of hydrogen-bond acceptors (Lipinski definition) is 4. The van der Waals surface area contributed by atoms with Crippen LogP contribution in [0.4, 0.5) is 5.88 Å². The Morgan fingerprint density at radius 1 is 1.35 bits per heavy atom. The molecule has 17 heavy (non-hydrogen) atoms. The number of rotatable bonds is 2. The topological polar surface area (TPSA) is 72.2 Å². The molecule has 1 aliphatic heterocycles. The smallest absolute Gasteiger partial charge is 0.231 e. The molecule has 0 radical (unpaired) electrons. The van der Waals surface area contributed by atoms with Gasteiger partial charge in [-0.15, -0.1) is 0 Å². The van der Waals surface area contributed by atoms with Crippen LogP contribution in [0.25, 0.3) is 5.73 Å². The van der Waals surface area contributed by atoms with Crippen LogP contribution in [0.2, 0.25) is 0 Å². The fraction of sp³-hybridized carbons (Fsp3) is 0.273. The zero-order valence-electron chi connectivity index (χ0n) is 9.27. The molecular weight excluding hydrogens is 222 g/mol. The molecule has 0 saturated carbocycles. The average molecular weight is 233 g/mol. The van der Waals surface area contributed by atoms with Gasteiger partial charge in [0.15, 0.2) is 16.8 Å². The Morgan fingerprint density at radius 3 is 2.94 bits per heavy atom. The van der Waals surface area contributed by atoms with Gasteiger partial charge in [0, 0.05) is 12.5 Å². The molecule has 2 aromatic rings. The van der Waals surface area contributed by atoms with Crippen LogP contribution >= 0.6 is 0 Å². The van der Waals surface area contributed by atoms with Crippen LogP contribution in [-0.4, -0.2) is 12.1 Å². The van der Waals surface area contributed by atoms with Crippen molar-refractivity contribution in [2.45, 2.75) is 13.5 Å². The lowest BCUT2D eigenvalue weighted by Crippen LogP contribution is -2.38. The van der Waals surface area contributed by atoms with Crippen molar-refractivity contribution >= 4 is 5.88 Å². The van der Waals surface area contributed by atoms with Crippen molar-refractivity contribution in [2.24, 2.45) is 0 Å². The maximum atomic E-state index is 7.43. The SMILES string of the molecule is Cc1c([NH-])on[n+]1Cc1ccc2c(c1)OCO2. The van der Waals surface area contributed by atoms with Crippen LogP contribution in [0.5, 0.6) is 11.5 Å². The number of nitrogens with zero attached hydrogens (tertiary/aromatic N) is 2. The van der Waals surface area contributed by atoms with E-state index in [0.717, 1.165) is 17.1 Å². The first-order valence-corrected chi connectivity index (χ1v) is 5.20. The standard InChI is InChI=1S/C11H11N3O3/c1-7-11(12)17-13-14(7)5-8-2-3-9-10(4-8)16-6-15-9/h2-4,12H,5-6H2,1H3. The molecule has 3 rings (SSSR count). The molecule has 1 aliphatic rings. The molecule has 0 unspecified atom stereocenters. The lowest BCUT2D eigenvalue weighted by molar-refractivity contribution is -0.759. The molecule has 2 heterocycles. The highest BCUT2D eigenvalue weighted by molar-refractivity contribution is 5.44. The summed E-state index contributed by atoms with van der Waals surface area (Å²) in [6.45, 7) is 2.61. The van der Waals surface area contributed by atoms with Crippen LogP contribution in [-0.2, 0) is 6.54 Å². The van der Waals surface area contributed by atoms with Crippen molar-refractivity contribution in [3.8, 4) is 11.5 Å². The number of ether oxygens (including phenoxy) is 2. The van der Waals surface area contributed by atoms with E-state index in [-0.39, 0.29) is 12.7 Å². The zero-order chi connectivity index (χ0) is 11.8. The van der Waals surface area contributed by atoms with Crippen LogP contribution in [0.3, 0.4) is 0 Å². The summed E-state index contributed by atoms with van der Waals surface area (Å²) in [7, 11) is 0. The van der Waals surface area contributed by atoms with Crippen LogP contribution in [0.1, 0.15) is 11.3 Å². The Labute approximate surface area is 97.5 Å². The Hall–Kier alpha value is -2.24. The van der Waals surface area contributed by atoms with Crippen molar-refractivity contribution in [2.75, 3.05) is 6.79 Å². The van der Waals surface area contributed by atoms with Gasteiger partial charge in [-0.2, -0.15) is 0 Å². The minimum Gasteiger partial charge on any atom is -0.660 e. The van der Waals surface area contributed by atoms with E-state index in [0.29, 0.717) is 12.2 Å². The van der Waals surface area contributed by atoms with E-state index in [9.17, 15) is 0 Å². The summed E-state index contributed by atoms with van der Waals surface area (Å²) in [6.07, 6.45) is 0. The van der Waals surface area contributed by atoms with Gasteiger partial charge in [-0.25, -0.2) is 0 Å². The van der Waals surface area contributed by atoms with E-state index < -0.39 is 0 Å². The number of benzene rings is 1. The molecule has 88 valence electrons. The lowest BCUT2D eigenvalue weighted by Gasteiger charge is -1.98. The summed E-state index contributed by atoms with van der Waals surface area (Å²) in [4.78, 5) is 0. The third-order valence-corrected chi connectivity index (χ3v) is 2.72. The molecule has 6 heteroatoms. The molecule has 0 saturated heterocycles. The van der Waals surface area contributed by atoms with E-state index in [1.54, 1.807) is 11.6 Å². The van der Waals surface area contributed by atoms with Crippen LogP contribution in [0.15, 0.2) is 22.7 Å². The molecule has 0 fully saturated rings. The maximum Gasteiger partial charge on any atom is 0.231 e. The lowest BCUT2D eigenvalue weighted by atomic mass is 10.2. The first-order chi connectivity index (χ1) is 8.24. The molecule has 0 atom stereocenters. The Morgan fingerprint density at radius 2 is 2.18 bits per heavy atom. The summed E-state index contributed by atoms with van der Waals surface area (Å²) >= 11 is 0. The highest BCUT2D eigenvalue weighted by atomic mass is 16.7. The molecule has 0 bridgehead atoms. The number of hydrogen-bond donors (Lipinski definition) is 0. The number of fused-ring (bicyclic) bond motifs is 1. The second-order valence-electron chi connectivity index (χ2n) is 3.83. The van der Waals surface area contributed by atoms with Crippen molar-refractivity contribution < 1.29 is 18.7 Å². The van der Waals surface area contributed by atoms with E-state index in [1.165, 1.54) is 0 Å². The van der Waals surface area contributed by atoms with Crippen molar-refractivity contribution in [3.63, 3.8) is 0 Å². The Balaban J connectivity index is 1.88. The van der Waals surface area contributed by atoms with Crippen molar-refractivity contribution in [1.82, 2.24) is 5.27 Å². The summed E-state index contributed by atoms with van der Waals surface area (Å²) in [5.41, 5.74) is 9.15. The summed E-state index contributed by atoms with van der Waals surface area (Å²) < 4.78 is 17.0. The predicted octanol–water partition coefficient (Wildman–Crippen LogP) is 1.73. The fourth-order valence-electron chi connectivity index (χ4n) is 1.69. The van der Waals surface area contributed by atoms with Gasteiger partial charge in [0.25, 0.3) is 0 Å². The van der Waals surface area contributed by atoms with E-state index in [2.05, 4.69) is 5.27 Å². The zero-order valence-corrected chi connectivity index (χ0v) is 9.27. The fourth-order valence-corrected chi connectivity index (χ4v) is 1.69. The molecule has 6 nitrogen and oxygen atoms in total. The summed E-state index contributed by atoms with van der Waals surface area (Å²) in [6, 6.07) is 5.72. The number of aromatic nitrogens is 2. The van der Waals surface area contributed by atoms with Crippen molar-refractivity contribution in [1.29, 1.82) is 0 Å². The minimum atomic E-state index is 0.0887. The van der Waals surface area contributed by atoms with Gasteiger partial charge in [0.05, 0.1) is 0 Å². The molecule has 0 spiro atoms. The van der Waals surface area contributed by atoms with Gasteiger partial charge in [-0.3, -0.25) is 0 Å². The van der Waals surface area contributed by atoms with Gasteiger partial charge in [-0.05, 0) is 22.9 Å². The first kappa shape index (κ1) is 9.95. The van der Waals surface area contributed by atoms with Crippen LogP contribution < -0.4 is 14.2 Å².